The fraction of sp³-hybridized carbons (Fsp3) is 0.455. The van der Waals surface area contributed by atoms with Crippen LogP contribution in [0.5, 0.6) is 0 Å². The molecule has 166 valence electrons. The molecular weight excluding hydrogens is 406 g/mol. The molecule has 2 N–H and O–H groups in total. The van der Waals surface area contributed by atoms with Crippen LogP contribution >= 0.6 is 0 Å². The molecule has 0 bridgehead atoms. The van der Waals surface area contributed by atoms with E-state index in [0.717, 1.165) is 16.7 Å². The molecule has 2 fully saturated rings. The molecule has 2 aliphatic heterocycles. The van der Waals surface area contributed by atoms with Gasteiger partial charge in [0.15, 0.2) is 12.6 Å². The van der Waals surface area contributed by atoms with Crippen LogP contribution in [0.15, 0.2) is 42.5 Å². The second-order valence-corrected chi connectivity index (χ2v) is 7.82. The van der Waals surface area contributed by atoms with Crippen LogP contribution in [0.25, 0.3) is 0 Å². The number of hydrogen-bond acceptors (Lipinski definition) is 8. The number of nitro groups is 1. The predicted molar refractivity (Wildman–Crippen MR) is 108 cm³/mol. The van der Waals surface area contributed by atoms with Crippen molar-refractivity contribution in [1.82, 2.24) is 0 Å². The monoisotopic (exact) mass is 431 g/mol. The van der Waals surface area contributed by atoms with Crippen molar-refractivity contribution in [3.05, 3.63) is 74.8 Å². The summed E-state index contributed by atoms with van der Waals surface area (Å²) < 4.78 is 23.9. The van der Waals surface area contributed by atoms with E-state index in [1.54, 1.807) is 0 Å². The molecule has 0 spiro atoms. The maximum atomic E-state index is 10.9. The van der Waals surface area contributed by atoms with E-state index < -0.39 is 48.5 Å². The molecule has 6 unspecified atom stereocenters. The van der Waals surface area contributed by atoms with Crippen LogP contribution in [0.4, 0.5) is 5.69 Å². The third-order valence-corrected chi connectivity index (χ3v) is 5.71. The van der Waals surface area contributed by atoms with Gasteiger partial charge >= 0.3 is 0 Å². The molecule has 9 heteroatoms. The third kappa shape index (κ3) is 4.47. The number of non-ortho nitro benzene ring substituents is 1. The van der Waals surface area contributed by atoms with Gasteiger partial charge in [-0.2, -0.15) is 0 Å². The van der Waals surface area contributed by atoms with Crippen molar-refractivity contribution in [2.24, 2.45) is 0 Å². The molecule has 2 heterocycles. The molecular formula is C22H25NO8. The van der Waals surface area contributed by atoms with Gasteiger partial charge in [0.25, 0.3) is 5.69 Å². The van der Waals surface area contributed by atoms with Crippen molar-refractivity contribution in [2.45, 2.75) is 50.8 Å². The molecule has 2 aromatic carbocycles. The fourth-order valence-electron chi connectivity index (χ4n) is 3.77. The third-order valence-electron chi connectivity index (χ3n) is 5.71. The Hall–Kier alpha value is -2.40. The van der Waals surface area contributed by atoms with Crippen LogP contribution in [0.3, 0.4) is 0 Å². The summed E-state index contributed by atoms with van der Waals surface area (Å²) in [6.45, 7) is 3.71. The highest BCUT2D eigenvalue weighted by molar-refractivity contribution is 5.33. The van der Waals surface area contributed by atoms with Crippen molar-refractivity contribution in [3.8, 4) is 0 Å². The van der Waals surface area contributed by atoms with E-state index >= 15 is 0 Å². The Balaban J connectivity index is 1.55. The minimum Gasteiger partial charge on any atom is -0.394 e. The predicted octanol–water partition coefficient (Wildman–Crippen LogP) is 2.46. The molecule has 2 aliphatic rings. The number of aryl methyl sites for hydroxylation is 2. The average Bonchev–Trinajstić information content (AvgIpc) is 2.79. The maximum Gasteiger partial charge on any atom is 0.269 e. The van der Waals surface area contributed by atoms with E-state index in [0.29, 0.717) is 5.56 Å². The van der Waals surface area contributed by atoms with Gasteiger partial charge in [0, 0.05) is 23.3 Å². The highest BCUT2D eigenvalue weighted by Gasteiger charge is 2.48. The summed E-state index contributed by atoms with van der Waals surface area (Å²) in [7, 11) is 0. The quantitative estimate of drug-likeness (QED) is 0.547. The zero-order chi connectivity index (χ0) is 22.1. The van der Waals surface area contributed by atoms with E-state index in [-0.39, 0.29) is 12.3 Å². The lowest BCUT2D eigenvalue weighted by Gasteiger charge is -2.47. The standard InChI is InChI=1S/C22H25NO8/c1-12-3-4-15(9-13(12)2)21-28-11-18-20(31-21)19(17(25)10-24)30-22(29-18)14-5-7-16(8-6-14)23(26)27/h3-9,17-22,24-25H,10-11H2,1-2H3. The Labute approximate surface area is 179 Å². The zero-order valence-corrected chi connectivity index (χ0v) is 17.2. The molecule has 0 aliphatic carbocycles. The van der Waals surface area contributed by atoms with Gasteiger partial charge in [-0.25, -0.2) is 0 Å². The normalized spacial score (nSPS) is 29.2. The Morgan fingerprint density at radius 2 is 1.74 bits per heavy atom. The molecule has 0 aromatic heterocycles. The first kappa shape index (κ1) is 21.8. The Morgan fingerprint density at radius 1 is 1.03 bits per heavy atom. The molecule has 0 amide bonds. The minimum absolute atomic E-state index is 0.0510. The lowest BCUT2D eigenvalue weighted by molar-refractivity contribution is -0.385. The molecule has 6 atom stereocenters. The number of aliphatic hydroxyl groups is 2. The summed E-state index contributed by atoms with van der Waals surface area (Å²) in [5.41, 5.74) is 3.60. The highest BCUT2D eigenvalue weighted by atomic mass is 16.8. The van der Waals surface area contributed by atoms with Gasteiger partial charge in [-0.3, -0.25) is 10.1 Å². The molecule has 4 rings (SSSR count). The lowest BCUT2D eigenvalue weighted by Crippen LogP contribution is -2.58. The Bertz CT molecular complexity index is 934. The van der Waals surface area contributed by atoms with Crippen LogP contribution in [-0.4, -0.2) is 52.8 Å². The van der Waals surface area contributed by atoms with E-state index in [1.165, 1.54) is 24.3 Å². The number of nitrogens with zero attached hydrogens (tertiary/aromatic N) is 1. The van der Waals surface area contributed by atoms with E-state index in [4.69, 9.17) is 18.9 Å². The molecule has 31 heavy (non-hydrogen) atoms. The Kier molecular flexibility index (Phi) is 6.33. The van der Waals surface area contributed by atoms with Crippen LogP contribution in [0.2, 0.25) is 0 Å². The number of fused-ring (bicyclic) bond motifs is 1. The molecule has 9 nitrogen and oxygen atoms in total. The second kappa shape index (κ2) is 8.99. The van der Waals surface area contributed by atoms with Gasteiger partial charge < -0.3 is 29.2 Å². The first-order valence-corrected chi connectivity index (χ1v) is 10.1. The minimum atomic E-state index is -1.20. The van der Waals surface area contributed by atoms with Crippen molar-refractivity contribution in [1.29, 1.82) is 0 Å². The lowest BCUT2D eigenvalue weighted by atomic mass is 9.99. The van der Waals surface area contributed by atoms with Crippen molar-refractivity contribution < 1.29 is 34.1 Å². The number of aliphatic hydroxyl groups excluding tert-OH is 2. The number of hydrogen-bond donors (Lipinski definition) is 2. The Morgan fingerprint density at radius 3 is 2.39 bits per heavy atom. The topological polar surface area (TPSA) is 121 Å². The summed E-state index contributed by atoms with van der Waals surface area (Å²) in [6, 6.07) is 11.7. The van der Waals surface area contributed by atoms with Crippen LogP contribution in [-0.2, 0) is 18.9 Å². The molecule has 0 saturated carbocycles. The van der Waals surface area contributed by atoms with Gasteiger partial charge in [-0.1, -0.05) is 18.2 Å². The first-order valence-electron chi connectivity index (χ1n) is 10.1. The van der Waals surface area contributed by atoms with E-state index in [2.05, 4.69) is 0 Å². The summed E-state index contributed by atoms with van der Waals surface area (Å²) in [5, 5.41) is 30.8. The summed E-state index contributed by atoms with van der Waals surface area (Å²) in [4.78, 5) is 10.4. The number of rotatable bonds is 5. The van der Waals surface area contributed by atoms with Crippen molar-refractivity contribution in [2.75, 3.05) is 13.2 Å². The van der Waals surface area contributed by atoms with Gasteiger partial charge in [0.1, 0.15) is 24.4 Å². The van der Waals surface area contributed by atoms with Gasteiger partial charge in [0.05, 0.1) is 18.1 Å². The zero-order valence-electron chi connectivity index (χ0n) is 17.2. The highest BCUT2D eigenvalue weighted by Crippen LogP contribution is 2.39. The second-order valence-electron chi connectivity index (χ2n) is 7.82. The summed E-state index contributed by atoms with van der Waals surface area (Å²) in [6.07, 6.45) is -4.84. The summed E-state index contributed by atoms with van der Waals surface area (Å²) >= 11 is 0. The first-order chi connectivity index (χ1) is 14.9. The molecule has 0 radical (unpaired) electrons. The number of nitro benzene ring substituents is 1. The number of ether oxygens (including phenoxy) is 4. The van der Waals surface area contributed by atoms with Crippen LogP contribution < -0.4 is 0 Å². The van der Waals surface area contributed by atoms with Gasteiger partial charge in [0.2, 0.25) is 0 Å². The van der Waals surface area contributed by atoms with E-state index in [1.807, 2.05) is 32.0 Å². The van der Waals surface area contributed by atoms with Crippen LogP contribution in [0, 0.1) is 24.0 Å². The summed E-state index contributed by atoms with van der Waals surface area (Å²) in [5.74, 6) is 0. The van der Waals surface area contributed by atoms with Gasteiger partial charge in [-0.05, 0) is 37.1 Å². The smallest absolute Gasteiger partial charge is 0.269 e. The maximum absolute atomic E-state index is 10.9. The fourth-order valence-corrected chi connectivity index (χ4v) is 3.77. The van der Waals surface area contributed by atoms with Crippen molar-refractivity contribution >= 4 is 5.69 Å². The van der Waals surface area contributed by atoms with Crippen LogP contribution in [0.1, 0.15) is 34.8 Å². The molecule has 2 saturated heterocycles. The van der Waals surface area contributed by atoms with E-state index in [9.17, 15) is 20.3 Å². The average molecular weight is 431 g/mol. The number of benzene rings is 2. The van der Waals surface area contributed by atoms with Crippen molar-refractivity contribution in [3.63, 3.8) is 0 Å². The van der Waals surface area contributed by atoms with Gasteiger partial charge in [-0.15, -0.1) is 0 Å². The SMILES string of the molecule is Cc1ccc(C2OCC3OC(c4ccc([N+](=O)[O-])cc4)OC(C(O)CO)C3O2)cc1C. The largest absolute Gasteiger partial charge is 0.394 e. The molecule has 2 aromatic rings.